The Morgan fingerprint density at radius 3 is 2.41 bits per heavy atom. The van der Waals surface area contributed by atoms with Crippen molar-refractivity contribution >= 4 is 50.5 Å². The summed E-state index contributed by atoms with van der Waals surface area (Å²) in [4.78, 5) is 13.0. The number of nitrogens with one attached hydrogen (secondary N) is 1. The fourth-order valence-electron chi connectivity index (χ4n) is 2.86. The van der Waals surface area contributed by atoms with E-state index in [4.69, 9.17) is 23.2 Å². The molecule has 2 aromatic rings. The maximum absolute atomic E-state index is 13.0. The lowest BCUT2D eigenvalue weighted by Gasteiger charge is -2.31. The highest BCUT2D eigenvalue weighted by Gasteiger charge is 2.33. The Bertz CT molecular complexity index is 932. The Morgan fingerprint density at radius 2 is 1.81 bits per heavy atom. The number of rotatable bonds is 7. The maximum Gasteiger partial charge on any atom is 0.248 e. The van der Waals surface area contributed by atoms with E-state index in [0.29, 0.717) is 10.7 Å². The molecule has 0 aromatic heterocycles. The molecule has 27 heavy (non-hydrogen) atoms. The van der Waals surface area contributed by atoms with Gasteiger partial charge in [-0.1, -0.05) is 55.2 Å². The Labute approximate surface area is 170 Å². The van der Waals surface area contributed by atoms with Gasteiger partial charge in [0.15, 0.2) is 0 Å². The molecule has 146 valence electrons. The molecule has 0 heterocycles. The number of carbonyl (C=O) groups excluding carboxylic acids is 1. The minimum Gasteiger partial charge on any atom is -0.324 e. The van der Waals surface area contributed by atoms with Crippen LogP contribution in [0.3, 0.4) is 0 Å². The molecule has 0 aliphatic heterocycles. The average molecular weight is 429 g/mol. The van der Waals surface area contributed by atoms with Crippen LogP contribution in [0.4, 0.5) is 11.4 Å². The number of para-hydroxylation sites is 1. The largest absolute Gasteiger partial charge is 0.324 e. The molecule has 2 aromatic carbocycles. The van der Waals surface area contributed by atoms with Gasteiger partial charge in [-0.05, 0) is 42.7 Å². The van der Waals surface area contributed by atoms with Gasteiger partial charge in [-0.25, -0.2) is 8.42 Å². The molecule has 0 bridgehead atoms. The van der Waals surface area contributed by atoms with Crippen LogP contribution in [0.5, 0.6) is 0 Å². The maximum atomic E-state index is 13.0. The zero-order chi connectivity index (χ0) is 20.2. The molecule has 0 aliphatic rings. The van der Waals surface area contributed by atoms with Gasteiger partial charge in [0.25, 0.3) is 0 Å². The van der Waals surface area contributed by atoms with Crippen molar-refractivity contribution in [3.63, 3.8) is 0 Å². The number of halogens is 2. The summed E-state index contributed by atoms with van der Waals surface area (Å²) >= 11 is 12.2. The van der Waals surface area contributed by atoms with Gasteiger partial charge in [-0.3, -0.25) is 9.10 Å². The second-order valence-corrected chi connectivity index (χ2v) is 8.78. The third kappa shape index (κ3) is 5.15. The molecule has 2 rings (SSSR count). The number of benzene rings is 2. The van der Waals surface area contributed by atoms with E-state index in [1.807, 2.05) is 25.1 Å². The van der Waals surface area contributed by atoms with E-state index in [1.165, 1.54) is 12.1 Å². The van der Waals surface area contributed by atoms with Gasteiger partial charge in [0.2, 0.25) is 15.9 Å². The Kier molecular flexibility index (Phi) is 7.14. The molecular formula is C19H22Cl2N2O3S. The lowest BCUT2D eigenvalue weighted by molar-refractivity contribution is -0.117. The number of carbonyl (C=O) groups is 1. The third-order valence-corrected chi connectivity index (χ3v) is 5.85. The van der Waals surface area contributed by atoms with Crippen LogP contribution in [0.2, 0.25) is 10.0 Å². The third-order valence-electron chi connectivity index (χ3n) is 4.13. The van der Waals surface area contributed by atoms with Crippen molar-refractivity contribution in [3.05, 3.63) is 58.1 Å². The summed E-state index contributed by atoms with van der Waals surface area (Å²) in [6.07, 6.45) is 2.04. The van der Waals surface area contributed by atoms with Crippen LogP contribution in [0.1, 0.15) is 25.8 Å². The van der Waals surface area contributed by atoms with Crippen LogP contribution in [0.15, 0.2) is 42.5 Å². The number of aryl methyl sites for hydroxylation is 1. The van der Waals surface area contributed by atoms with Gasteiger partial charge in [-0.2, -0.15) is 0 Å². The molecular weight excluding hydrogens is 407 g/mol. The quantitative estimate of drug-likeness (QED) is 0.692. The van der Waals surface area contributed by atoms with E-state index in [-0.39, 0.29) is 17.1 Å². The number of nitrogens with zero attached hydrogens (tertiary/aromatic N) is 1. The van der Waals surface area contributed by atoms with Crippen molar-refractivity contribution in [3.8, 4) is 0 Å². The summed E-state index contributed by atoms with van der Waals surface area (Å²) < 4.78 is 26.1. The number of hydrogen-bond donors (Lipinski definition) is 1. The summed E-state index contributed by atoms with van der Waals surface area (Å²) in [5.74, 6) is -0.431. The summed E-state index contributed by atoms with van der Waals surface area (Å²) in [7, 11) is -3.79. The van der Waals surface area contributed by atoms with E-state index in [2.05, 4.69) is 5.32 Å². The Morgan fingerprint density at radius 1 is 1.15 bits per heavy atom. The first-order valence-corrected chi connectivity index (χ1v) is 11.1. The summed E-state index contributed by atoms with van der Waals surface area (Å²) in [5, 5.41) is 3.38. The van der Waals surface area contributed by atoms with E-state index >= 15 is 0 Å². The zero-order valence-corrected chi connectivity index (χ0v) is 17.7. The number of hydrogen-bond acceptors (Lipinski definition) is 3. The average Bonchev–Trinajstić information content (AvgIpc) is 2.61. The molecule has 0 radical (unpaired) electrons. The van der Waals surface area contributed by atoms with E-state index < -0.39 is 22.0 Å². The summed E-state index contributed by atoms with van der Waals surface area (Å²) in [5.41, 5.74) is 1.80. The first-order chi connectivity index (χ1) is 12.7. The lowest BCUT2D eigenvalue weighted by Crippen LogP contribution is -2.47. The van der Waals surface area contributed by atoms with Crippen molar-refractivity contribution in [2.75, 3.05) is 15.9 Å². The SMILES string of the molecule is CCc1ccccc1NC(=O)C(CC)N(c1cc(Cl)ccc1Cl)S(C)(=O)=O. The molecule has 0 saturated heterocycles. The fraction of sp³-hybridized carbons (Fsp3) is 0.316. The molecule has 0 aliphatic carbocycles. The van der Waals surface area contributed by atoms with Crippen molar-refractivity contribution < 1.29 is 13.2 Å². The first kappa shape index (κ1) is 21.5. The molecule has 1 amide bonds. The van der Waals surface area contributed by atoms with Gasteiger partial charge in [0.05, 0.1) is 17.0 Å². The standard InChI is InChI=1S/C19H22Cl2N2O3S/c1-4-13-8-6-7-9-16(13)22-19(24)17(5-2)23(27(3,25)26)18-12-14(20)10-11-15(18)21/h6-12,17H,4-5H2,1-3H3,(H,22,24). The summed E-state index contributed by atoms with van der Waals surface area (Å²) in [6, 6.07) is 11.0. The molecule has 1 unspecified atom stereocenters. The highest BCUT2D eigenvalue weighted by Crippen LogP contribution is 2.33. The van der Waals surface area contributed by atoms with Gasteiger partial charge in [0, 0.05) is 10.7 Å². The molecule has 0 saturated carbocycles. The smallest absolute Gasteiger partial charge is 0.248 e. The van der Waals surface area contributed by atoms with Crippen LogP contribution in [-0.2, 0) is 21.2 Å². The predicted octanol–water partition coefficient (Wildman–Crippen LogP) is 4.74. The monoisotopic (exact) mass is 428 g/mol. The van der Waals surface area contributed by atoms with Crippen molar-refractivity contribution in [1.82, 2.24) is 0 Å². The predicted molar refractivity (Wildman–Crippen MR) is 112 cm³/mol. The number of sulfonamides is 1. The lowest BCUT2D eigenvalue weighted by atomic mass is 10.1. The van der Waals surface area contributed by atoms with Gasteiger partial charge in [0.1, 0.15) is 6.04 Å². The topological polar surface area (TPSA) is 66.5 Å². The van der Waals surface area contributed by atoms with Crippen molar-refractivity contribution in [2.45, 2.75) is 32.7 Å². The number of anilines is 2. The number of amides is 1. The van der Waals surface area contributed by atoms with E-state index in [0.717, 1.165) is 22.5 Å². The van der Waals surface area contributed by atoms with Crippen LogP contribution in [-0.4, -0.2) is 26.6 Å². The normalized spacial score (nSPS) is 12.5. The fourth-order valence-corrected chi connectivity index (χ4v) is 4.50. The van der Waals surface area contributed by atoms with E-state index in [1.54, 1.807) is 19.1 Å². The van der Waals surface area contributed by atoms with Crippen LogP contribution in [0.25, 0.3) is 0 Å². The second kappa shape index (κ2) is 8.95. The first-order valence-electron chi connectivity index (χ1n) is 8.52. The van der Waals surface area contributed by atoms with Crippen LogP contribution in [0, 0.1) is 0 Å². The molecule has 0 spiro atoms. The van der Waals surface area contributed by atoms with Crippen LogP contribution >= 0.6 is 23.2 Å². The second-order valence-electron chi connectivity index (χ2n) is 6.08. The van der Waals surface area contributed by atoms with Crippen molar-refractivity contribution in [1.29, 1.82) is 0 Å². The minimum atomic E-state index is -3.79. The van der Waals surface area contributed by atoms with Gasteiger partial charge < -0.3 is 5.32 Å². The molecule has 1 N–H and O–H groups in total. The highest BCUT2D eigenvalue weighted by molar-refractivity contribution is 7.92. The Balaban J connectivity index is 2.46. The van der Waals surface area contributed by atoms with Crippen LogP contribution < -0.4 is 9.62 Å². The highest BCUT2D eigenvalue weighted by atomic mass is 35.5. The van der Waals surface area contributed by atoms with Crippen molar-refractivity contribution in [2.24, 2.45) is 0 Å². The molecule has 0 fully saturated rings. The Hall–Kier alpha value is -1.76. The summed E-state index contributed by atoms with van der Waals surface area (Å²) in [6.45, 7) is 3.73. The zero-order valence-electron chi connectivity index (χ0n) is 15.4. The van der Waals surface area contributed by atoms with Gasteiger partial charge >= 0.3 is 0 Å². The molecule has 8 heteroatoms. The van der Waals surface area contributed by atoms with E-state index in [9.17, 15) is 13.2 Å². The molecule has 1 atom stereocenters. The minimum absolute atomic E-state index is 0.178. The van der Waals surface area contributed by atoms with Gasteiger partial charge in [-0.15, -0.1) is 0 Å². The molecule has 5 nitrogen and oxygen atoms in total.